The molecule has 1 aromatic carbocycles. The van der Waals surface area contributed by atoms with Gasteiger partial charge in [-0.25, -0.2) is 12.7 Å². The number of hydrogen-bond acceptors (Lipinski definition) is 4. The van der Waals surface area contributed by atoms with Gasteiger partial charge in [-0.05, 0) is 30.9 Å². The number of benzene rings is 1. The van der Waals surface area contributed by atoms with Crippen LogP contribution in [-0.4, -0.2) is 51.0 Å². The van der Waals surface area contributed by atoms with Crippen molar-refractivity contribution in [1.29, 1.82) is 0 Å². The number of aliphatic carboxylic acids is 1. The molecule has 1 N–H and O–H groups in total. The van der Waals surface area contributed by atoms with Crippen molar-refractivity contribution in [2.45, 2.75) is 17.7 Å². The van der Waals surface area contributed by atoms with Gasteiger partial charge in [0, 0.05) is 20.6 Å². The van der Waals surface area contributed by atoms with E-state index in [0.717, 1.165) is 17.1 Å². The molecule has 6 nitrogen and oxygen atoms in total. The maximum atomic E-state index is 12.4. The van der Waals surface area contributed by atoms with Crippen LogP contribution in [-0.2, 0) is 14.8 Å². The molecule has 0 aliphatic heterocycles. The number of para-hydroxylation sites is 1. The minimum Gasteiger partial charge on any atom is -0.480 e. The number of nitrogens with zero attached hydrogens (tertiary/aromatic N) is 2. The van der Waals surface area contributed by atoms with Crippen LogP contribution in [0.4, 0.5) is 5.69 Å². The van der Waals surface area contributed by atoms with Crippen molar-refractivity contribution in [3.63, 3.8) is 0 Å². The van der Waals surface area contributed by atoms with E-state index >= 15 is 0 Å². The standard InChI is InChI=1S/C14H20N2O4S/c1-15(2)21(19,20)13-6-4-3-5-12(13)16(10-14(17)18)9-11-7-8-11/h3-6,11H,7-10H2,1-2H3,(H,17,18). The van der Waals surface area contributed by atoms with Crippen molar-refractivity contribution in [2.24, 2.45) is 5.92 Å². The number of anilines is 1. The average Bonchev–Trinajstić information content (AvgIpc) is 3.21. The molecule has 1 aliphatic rings. The lowest BCUT2D eigenvalue weighted by Crippen LogP contribution is -2.34. The zero-order valence-corrected chi connectivity index (χ0v) is 13.0. The summed E-state index contributed by atoms with van der Waals surface area (Å²) < 4.78 is 25.9. The molecular weight excluding hydrogens is 292 g/mol. The first-order valence-electron chi connectivity index (χ1n) is 6.80. The van der Waals surface area contributed by atoms with Gasteiger partial charge in [-0.15, -0.1) is 0 Å². The lowest BCUT2D eigenvalue weighted by Gasteiger charge is -2.26. The van der Waals surface area contributed by atoms with Gasteiger partial charge in [0.2, 0.25) is 10.0 Å². The normalized spacial score (nSPS) is 15.2. The highest BCUT2D eigenvalue weighted by Gasteiger charge is 2.29. The van der Waals surface area contributed by atoms with Crippen LogP contribution >= 0.6 is 0 Å². The van der Waals surface area contributed by atoms with E-state index in [4.69, 9.17) is 5.11 Å². The van der Waals surface area contributed by atoms with Crippen LogP contribution in [0.15, 0.2) is 29.2 Å². The van der Waals surface area contributed by atoms with E-state index in [1.807, 2.05) is 0 Å². The Hall–Kier alpha value is -1.60. The van der Waals surface area contributed by atoms with Crippen LogP contribution in [0, 0.1) is 5.92 Å². The van der Waals surface area contributed by atoms with Gasteiger partial charge in [0.15, 0.2) is 0 Å². The van der Waals surface area contributed by atoms with Crippen LogP contribution in [0.25, 0.3) is 0 Å². The van der Waals surface area contributed by atoms with Gasteiger partial charge in [-0.2, -0.15) is 0 Å². The lowest BCUT2D eigenvalue weighted by atomic mass is 10.2. The molecule has 116 valence electrons. The highest BCUT2D eigenvalue weighted by molar-refractivity contribution is 7.89. The molecule has 0 bridgehead atoms. The fourth-order valence-electron chi connectivity index (χ4n) is 2.16. The zero-order chi connectivity index (χ0) is 15.6. The molecule has 0 radical (unpaired) electrons. The van der Waals surface area contributed by atoms with E-state index in [0.29, 0.717) is 18.2 Å². The highest BCUT2D eigenvalue weighted by Crippen LogP contribution is 2.34. The van der Waals surface area contributed by atoms with E-state index < -0.39 is 16.0 Å². The first-order chi connectivity index (χ1) is 9.82. The fourth-order valence-corrected chi connectivity index (χ4v) is 3.26. The summed E-state index contributed by atoms with van der Waals surface area (Å²) in [5.74, 6) is -0.507. The molecule has 7 heteroatoms. The highest BCUT2D eigenvalue weighted by atomic mass is 32.2. The van der Waals surface area contributed by atoms with Gasteiger partial charge in [-0.3, -0.25) is 4.79 Å². The third kappa shape index (κ3) is 3.74. The summed E-state index contributed by atoms with van der Waals surface area (Å²) in [4.78, 5) is 12.9. The van der Waals surface area contributed by atoms with E-state index in [1.54, 1.807) is 23.1 Å². The number of carboxylic acid groups (broad SMARTS) is 1. The molecule has 1 aromatic rings. The quantitative estimate of drug-likeness (QED) is 0.819. The number of carbonyl (C=O) groups is 1. The second kappa shape index (κ2) is 6.03. The van der Waals surface area contributed by atoms with Crippen LogP contribution in [0.5, 0.6) is 0 Å². The summed E-state index contributed by atoms with van der Waals surface area (Å²) in [6.07, 6.45) is 2.14. The second-order valence-electron chi connectivity index (χ2n) is 5.47. The molecule has 21 heavy (non-hydrogen) atoms. The predicted molar refractivity (Wildman–Crippen MR) is 79.9 cm³/mol. The maximum Gasteiger partial charge on any atom is 0.323 e. The fraction of sp³-hybridized carbons (Fsp3) is 0.500. The molecule has 0 amide bonds. The molecule has 0 atom stereocenters. The Labute approximate surface area is 125 Å². The Balaban J connectivity index is 2.42. The van der Waals surface area contributed by atoms with Crippen LogP contribution < -0.4 is 4.90 Å². The predicted octanol–water partition coefficient (Wildman–Crippen LogP) is 1.24. The lowest BCUT2D eigenvalue weighted by molar-refractivity contribution is -0.135. The molecule has 1 fully saturated rings. The van der Waals surface area contributed by atoms with E-state index in [-0.39, 0.29) is 11.4 Å². The second-order valence-corrected chi connectivity index (χ2v) is 7.59. The molecular formula is C14H20N2O4S. The Bertz CT molecular complexity index is 624. The number of sulfonamides is 1. The van der Waals surface area contributed by atoms with Crippen LogP contribution in [0.3, 0.4) is 0 Å². The van der Waals surface area contributed by atoms with Gasteiger partial charge in [-0.1, -0.05) is 12.1 Å². The third-order valence-electron chi connectivity index (χ3n) is 3.47. The van der Waals surface area contributed by atoms with Crippen molar-refractivity contribution < 1.29 is 18.3 Å². The van der Waals surface area contributed by atoms with Gasteiger partial charge in [0.25, 0.3) is 0 Å². The van der Waals surface area contributed by atoms with Crippen molar-refractivity contribution in [3.05, 3.63) is 24.3 Å². The summed E-state index contributed by atoms with van der Waals surface area (Å²) in [5, 5.41) is 9.08. The molecule has 0 unspecified atom stereocenters. The van der Waals surface area contributed by atoms with Gasteiger partial charge in [0.1, 0.15) is 11.4 Å². The largest absolute Gasteiger partial charge is 0.480 e. The zero-order valence-electron chi connectivity index (χ0n) is 12.2. The Kier molecular flexibility index (Phi) is 4.53. The number of hydrogen-bond donors (Lipinski definition) is 1. The summed E-state index contributed by atoms with van der Waals surface area (Å²) in [7, 11) is -0.671. The maximum absolute atomic E-state index is 12.4. The van der Waals surface area contributed by atoms with Crippen molar-refractivity contribution in [1.82, 2.24) is 4.31 Å². The van der Waals surface area contributed by atoms with E-state index in [2.05, 4.69) is 0 Å². The molecule has 1 aliphatic carbocycles. The topological polar surface area (TPSA) is 77.9 Å². The van der Waals surface area contributed by atoms with Gasteiger partial charge >= 0.3 is 5.97 Å². The van der Waals surface area contributed by atoms with Crippen molar-refractivity contribution in [2.75, 3.05) is 32.1 Å². The molecule has 0 heterocycles. The molecule has 2 rings (SSSR count). The smallest absolute Gasteiger partial charge is 0.323 e. The van der Waals surface area contributed by atoms with Crippen LogP contribution in [0.2, 0.25) is 0 Å². The molecule has 1 saturated carbocycles. The SMILES string of the molecule is CN(C)S(=O)(=O)c1ccccc1N(CC(=O)O)CC1CC1. The molecule has 0 aromatic heterocycles. The third-order valence-corrected chi connectivity index (χ3v) is 5.33. The summed E-state index contributed by atoms with van der Waals surface area (Å²) in [6.45, 7) is 0.378. The summed E-state index contributed by atoms with van der Waals surface area (Å²) >= 11 is 0. The Morgan fingerprint density at radius 1 is 1.29 bits per heavy atom. The van der Waals surface area contributed by atoms with E-state index in [9.17, 15) is 13.2 Å². The first kappa shape index (κ1) is 15.8. The molecule has 0 saturated heterocycles. The summed E-state index contributed by atoms with van der Waals surface area (Å²) in [5.41, 5.74) is 0.459. The minimum absolute atomic E-state index is 0.150. The summed E-state index contributed by atoms with van der Waals surface area (Å²) in [6, 6.07) is 6.57. The monoisotopic (exact) mass is 312 g/mol. The number of carboxylic acids is 1. The number of rotatable bonds is 7. The molecule has 0 spiro atoms. The van der Waals surface area contributed by atoms with Crippen molar-refractivity contribution in [3.8, 4) is 0 Å². The van der Waals surface area contributed by atoms with E-state index in [1.165, 1.54) is 20.2 Å². The Morgan fingerprint density at radius 2 is 1.90 bits per heavy atom. The van der Waals surface area contributed by atoms with Gasteiger partial charge < -0.3 is 10.0 Å². The van der Waals surface area contributed by atoms with Crippen LogP contribution in [0.1, 0.15) is 12.8 Å². The van der Waals surface area contributed by atoms with Gasteiger partial charge in [0.05, 0.1) is 5.69 Å². The average molecular weight is 312 g/mol. The minimum atomic E-state index is -3.61. The Morgan fingerprint density at radius 3 is 2.43 bits per heavy atom. The van der Waals surface area contributed by atoms with Crippen molar-refractivity contribution >= 4 is 21.7 Å². The first-order valence-corrected chi connectivity index (χ1v) is 8.24.